The minimum Gasteiger partial charge on any atom is -0.508 e. The van der Waals surface area contributed by atoms with Gasteiger partial charge in [0.05, 0.1) is 10.5 Å². The van der Waals surface area contributed by atoms with Crippen LogP contribution in [-0.4, -0.2) is 54.3 Å². The molecule has 2 saturated heterocycles. The van der Waals surface area contributed by atoms with Crippen LogP contribution in [0.1, 0.15) is 24.4 Å². The summed E-state index contributed by atoms with van der Waals surface area (Å²) in [7, 11) is 0. The number of rotatable bonds is 4. The number of phenolic OH excluding ortho intramolecular Hbond substituents is 1. The second-order valence-corrected chi connectivity index (χ2v) is 6.18. The van der Waals surface area contributed by atoms with E-state index >= 15 is 0 Å². The smallest absolute Gasteiger partial charge is 0.274 e. The van der Waals surface area contributed by atoms with Gasteiger partial charge in [-0.2, -0.15) is 0 Å². The van der Waals surface area contributed by atoms with E-state index in [4.69, 9.17) is 4.74 Å². The van der Waals surface area contributed by atoms with Crippen LogP contribution in [0.4, 0.5) is 5.69 Å². The van der Waals surface area contributed by atoms with E-state index in [1.807, 2.05) is 0 Å². The molecule has 25 heavy (non-hydrogen) atoms. The molecule has 1 aromatic carbocycles. The van der Waals surface area contributed by atoms with Crippen molar-refractivity contribution in [3.8, 4) is 5.75 Å². The van der Waals surface area contributed by atoms with Crippen LogP contribution in [0.2, 0.25) is 0 Å². The average Bonchev–Trinajstić information content (AvgIpc) is 2.57. The van der Waals surface area contributed by atoms with Crippen molar-refractivity contribution in [2.24, 2.45) is 5.92 Å². The lowest BCUT2D eigenvalue weighted by Gasteiger charge is -2.40. The van der Waals surface area contributed by atoms with Gasteiger partial charge in [0.15, 0.2) is 0 Å². The van der Waals surface area contributed by atoms with Crippen LogP contribution < -0.4 is 5.32 Å². The number of aromatic hydroxyl groups is 1. The van der Waals surface area contributed by atoms with Gasteiger partial charge in [0.2, 0.25) is 0 Å². The molecule has 2 aliphatic heterocycles. The van der Waals surface area contributed by atoms with Crippen molar-refractivity contribution in [2.45, 2.75) is 18.9 Å². The summed E-state index contributed by atoms with van der Waals surface area (Å²) in [6, 6.07) is 4.33. The summed E-state index contributed by atoms with van der Waals surface area (Å²) >= 11 is 0. The van der Waals surface area contributed by atoms with E-state index in [-0.39, 0.29) is 47.2 Å². The predicted octanol–water partition coefficient (Wildman–Crippen LogP) is 2.52. The number of benzene rings is 1. The van der Waals surface area contributed by atoms with Gasteiger partial charge >= 0.3 is 0 Å². The molecule has 7 nitrogen and oxygen atoms in total. The Morgan fingerprint density at radius 2 is 1.88 bits per heavy atom. The molecule has 0 aromatic heterocycles. The van der Waals surface area contributed by atoms with Crippen LogP contribution in [0.5, 0.6) is 5.75 Å². The molecule has 0 unspecified atom stereocenters. The van der Waals surface area contributed by atoms with Crippen molar-refractivity contribution in [3.63, 3.8) is 0 Å². The number of piperazine rings is 1. The molecule has 2 heterocycles. The van der Waals surface area contributed by atoms with Gasteiger partial charge in [-0.1, -0.05) is 0 Å². The molecule has 0 radical (unpaired) electrons. The lowest BCUT2D eigenvalue weighted by molar-refractivity contribution is -0.386. The van der Waals surface area contributed by atoms with Gasteiger partial charge in [0.25, 0.3) is 5.69 Å². The lowest BCUT2D eigenvalue weighted by Crippen LogP contribution is -2.47. The monoisotopic (exact) mass is 393 g/mol. The number of nitrogens with zero attached hydrogens (tertiary/aromatic N) is 2. The number of nitrogens with one attached hydrogen (secondary N) is 1. The standard InChI is InChI=1S/C16H23N3O4.2ClH/c20-13-1-2-15(19(21)22)14(11-13)16(12-3-9-23-10-4-12)18-7-5-17-6-8-18;;/h1-2,11-12,16-17,20H,3-10H2;2*1H/t16-;;/m0../s1. The Kier molecular flexibility index (Phi) is 8.88. The van der Waals surface area contributed by atoms with Gasteiger partial charge in [-0.25, -0.2) is 0 Å². The van der Waals surface area contributed by atoms with Crippen LogP contribution >= 0.6 is 24.8 Å². The second kappa shape index (κ2) is 10.1. The maximum absolute atomic E-state index is 11.5. The number of hydrogen-bond donors (Lipinski definition) is 2. The SMILES string of the molecule is Cl.Cl.O=[N+]([O-])c1ccc(O)cc1[C@H](C1CCOCC1)N1CCNCC1. The molecule has 0 spiro atoms. The Morgan fingerprint density at radius 1 is 1.24 bits per heavy atom. The van der Waals surface area contributed by atoms with Crippen molar-refractivity contribution in [1.82, 2.24) is 10.2 Å². The third kappa shape index (κ3) is 5.18. The van der Waals surface area contributed by atoms with Gasteiger partial charge in [-0.15, -0.1) is 24.8 Å². The fourth-order valence-corrected chi connectivity index (χ4v) is 3.69. The van der Waals surface area contributed by atoms with Gasteiger partial charge in [-0.05, 0) is 30.9 Å². The molecule has 1 aromatic rings. The summed E-state index contributed by atoms with van der Waals surface area (Å²) in [6.45, 7) is 4.86. The van der Waals surface area contributed by atoms with Crippen LogP contribution in [0.25, 0.3) is 0 Å². The van der Waals surface area contributed by atoms with Gasteiger partial charge < -0.3 is 15.2 Å². The summed E-state index contributed by atoms with van der Waals surface area (Å²) in [4.78, 5) is 13.4. The van der Waals surface area contributed by atoms with Gasteiger partial charge in [0.1, 0.15) is 5.75 Å². The molecule has 0 amide bonds. The number of halogens is 2. The van der Waals surface area contributed by atoms with E-state index in [0.29, 0.717) is 24.7 Å². The number of phenols is 1. The van der Waals surface area contributed by atoms with E-state index in [1.54, 1.807) is 6.07 Å². The van der Waals surface area contributed by atoms with E-state index in [9.17, 15) is 15.2 Å². The van der Waals surface area contributed by atoms with Gasteiger partial charge in [0, 0.05) is 51.5 Å². The van der Waals surface area contributed by atoms with Crippen molar-refractivity contribution in [1.29, 1.82) is 0 Å². The summed E-state index contributed by atoms with van der Waals surface area (Å²) in [5, 5.41) is 24.7. The molecule has 2 fully saturated rings. The predicted molar refractivity (Wildman–Crippen MR) is 100.0 cm³/mol. The minimum atomic E-state index is -0.344. The second-order valence-electron chi connectivity index (χ2n) is 6.18. The molecular formula is C16H25Cl2N3O4. The summed E-state index contributed by atoms with van der Waals surface area (Å²) < 4.78 is 5.46. The highest BCUT2D eigenvalue weighted by molar-refractivity contribution is 5.85. The van der Waals surface area contributed by atoms with Gasteiger partial charge in [-0.3, -0.25) is 15.0 Å². The van der Waals surface area contributed by atoms with Crippen molar-refractivity contribution >= 4 is 30.5 Å². The zero-order chi connectivity index (χ0) is 16.2. The summed E-state index contributed by atoms with van der Waals surface area (Å²) in [5.74, 6) is 0.389. The summed E-state index contributed by atoms with van der Waals surface area (Å²) in [5.41, 5.74) is 0.724. The van der Waals surface area contributed by atoms with E-state index in [1.165, 1.54) is 12.1 Å². The van der Waals surface area contributed by atoms with Crippen molar-refractivity contribution in [3.05, 3.63) is 33.9 Å². The molecule has 2 N–H and O–H groups in total. The Bertz CT molecular complexity index is 546. The quantitative estimate of drug-likeness (QED) is 0.603. The maximum Gasteiger partial charge on any atom is 0.274 e. The highest BCUT2D eigenvalue weighted by Gasteiger charge is 2.35. The average molecular weight is 394 g/mol. The highest BCUT2D eigenvalue weighted by atomic mass is 35.5. The van der Waals surface area contributed by atoms with Crippen LogP contribution in [0.3, 0.4) is 0 Å². The van der Waals surface area contributed by atoms with Crippen molar-refractivity contribution < 1.29 is 14.8 Å². The zero-order valence-corrected chi connectivity index (χ0v) is 15.6. The first-order valence-corrected chi connectivity index (χ1v) is 8.16. The van der Waals surface area contributed by atoms with Crippen LogP contribution in [0.15, 0.2) is 18.2 Å². The molecule has 9 heteroatoms. The molecule has 0 bridgehead atoms. The summed E-state index contributed by atoms with van der Waals surface area (Å²) in [6.07, 6.45) is 1.78. The Hall–Kier alpha value is -1.12. The van der Waals surface area contributed by atoms with E-state index in [2.05, 4.69) is 10.2 Å². The molecule has 0 aliphatic carbocycles. The minimum absolute atomic E-state index is 0. The van der Waals surface area contributed by atoms with Crippen LogP contribution in [0, 0.1) is 16.0 Å². The first-order chi connectivity index (χ1) is 11.2. The van der Waals surface area contributed by atoms with E-state index < -0.39 is 0 Å². The topological polar surface area (TPSA) is 87.9 Å². The number of nitro benzene ring substituents is 1. The Morgan fingerprint density at radius 3 is 2.48 bits per heavy atom. The highest BCUT2D eigenvalue weighted by Crippen LogP contribution is 2.40. The normalized spacial score (nSPS) is 20.2. The number of ether oxygens (including phenoxy) is 1. The Balaban J connectivity index is 0.00000156. The van der Waals surface area contributed by atoms with Crippen LogP contribution in [-0.2, 0) is 4.74 Å². The molecule has 142 valence electrons. The fraction of sp³-hybridized carbons (Fsp3) is 0.625. The van der Waals surface area contributed by atoms with Crippen molar-refractivity contribution in [2.75, 3.05) is 39.4 Å². The number of nitro groups is 1. The number of hydrogen-bond acceptors (Lipinski definition) is 6. The first-order valence-electron chi connectivity index (χ1n) is 8.16. The largest absolute Gasteiger partial charge is 0.508 e. The molecule has 0 saturated carbocycles. The zero-order valence-electron chi connectivity index (χ0n) is 13.9. The Labute approximate surface area is 159 Å². The molecule has 1 atom stereocenters. The molecular weight excluding hydrogens is 369 g/mol. The first kappa shape index (κ1) is 21.9. The molecule has 2 aliphatic rings. The third-order valence-corrected chi connectivity index (χ3v) is 4.78. The maximum atomic E-state index is 11.5. The van der Waals surface area contributed by atoms with E-state index in [0.717, 1.165) is 39.0 Å². The molecule has 3 rings (SSSR count). The third-order valence-electron chi connectivity index (χ3n) is 4.78. The lowest BCUT2D eigenvalue weighted by atomic mass is 9.84. The fourth-order valence-electron chi connectivity index (χ4n) is 3.69.